The van der Waals surface area contributed by atoms with Gasteiger partial charge in [-0.15, -0.1) is 0 Å². The van der Waals surface area contributed by atoms with Crippen molar-refractivity contribution in [3.8, 4) is 0 Å². The van der Waals surface area contributed by atoms with Gasteiger partial charge in [-0.2, -0.15) is 0 Å². The van der Waals surface area contributed by atoms with E-state index in [0.29, 0.717) is 6.04 Å². The number of aromatic nitrogens is 2. The molecule has 1 heterocycles. The Morgan fingerprint density at radius 3 is 2.47 bits per heavy atom. The number of aromatic amines is 1. The first kappa shape index (κ1) is 16.4. The summed E-state index contributed by atoms with van der Waals surface area (Å²) < 4.78 is 3.10. The fraction of sp³-hybridized carbons (Fsp3) is 0.800. The third-order valence-corrected chi connectivity index (χ3v) is 4.00. The van der Waals surface area contributed by atoms with E-state index in [2.05, 4.69) is 62.3 Å². The molecular formula is C15H29N3S. The van der Waals surface area contributed by atoms with E-state index >= 15 is 0 Å². The second-order valence-electron chi connectivity index (χ2n) is 6.66. The van der Waals surface area contributed by atoms with Crippen molar-refractivity contribution in [2.45, 2.75) is 65.5 Å². The van der Waals surface area contributed by atoms with Crippen LogP contribution >= 0.6 is 12.2 Å². The fourth-order valence-corrected chi connectivity index (χ4v) is 2.38. The fourth-order valence-electron chi connectivity index (χ4n) is 2.13. The van der Waals surface area contributed by atoms with Gasteiger partial charge in [-0.3, -0.25) is 0 Å². The lowest BCUT2D eigenvalue weighted by atomic mass is 9.92. The summed E-state index contributed by atoms with van der Waals surface area (Å²) in [4.78, 5) is 5.57. The van der Waals surface area contributed by atoms with Crippen LogP contribution in [0.2, 0.25) is 0 Å². The standard InChI is InChI=1S/C15H29N3S/c1-12(2)17(6)9-7-8-10-18-13(15(3,4)5)11-16-14(18)19/h11-12H,7-10H2,1-6H3,(H,16,19). The molecule has 0 saturated carbocycles. The first-order valence-corrected chi connectivity index (χ1v) is 7.63. The van der Waals surface area contributed by atoms with Crippen LogP contribution in [0.25, 0.3) is 0 Å². The van der Waals surface area contributed by atoms with Crippen molar-refractivity contribution in [1.82, 2.24) is 14.5 Å². The quantitative estimate of drug-likeness (QED) is 0.631. The third-order valence-electron chi connectivity index (χ3n) is 3.66. The maximum absolute atomic E-state index is 5.38. The number of hydrogen-bond acceptors (Lipinski definition) is 2. The summed E-state index contributed by atoms with van der Waals surface area (Å²) in [7, 11) is 2.19. The lowest BCUT2D eigenvalue weighted by Gasteiger charge is -2.22. The van der Waals surface area contributed by atoms with E-state index in [1.54, 1.807) is 0 Å². The van der Waals surface area contributed by atoms with Crippen molar-refractivity contribution in [2.75, 3.05) is 13.6 Å². The Labute approximate surface area is 123 Å². The zero-order chi connectivity index (χ0) is 14.6. The Kier molecular flexibility index (Phi) is 5.81. The molecule has 0 amide bonds. The molecule has 0 atom stereocenters. The van der Waals surface area contributed by atoms with Gasteiger partial charge in [0.2, 0.25) is 0 Å². The molecule has 0 aromatic carbocycles. The largest absolute Gasteiger partial charge is 0.337 e. The highest BCUT2D eigenvalue weighted by Crippen LogP contribution is 2.22. The second-order valence-corrected chi connectivity index (χ2v) is 7.05. The molecule has 0 saturated heterocycles. The molecule has 0 radical (unpaired) electrons. The van der Waals surface area contributed by atoms with Gasteiger partial charge >= 0.3 is 0 Å². The summed E-state index contributed by atoms with van der Waals surface area (Å²) in [5.41, 5.74) is 1.44. The predicted molar refractivity (Wildman–Crippen MR) is 85.3 cm³/mol. The average Bonchev–Trinajstić information content (AvgIpc) is 2.65. The highest BCUT2D eigenvalue weighted by atomic mass is 32.1. The van der Waals surface area contributed by atoms with Gasteiger partial charge in [-0.25, -0.2) is 0 Å². The van der Waals surface area contributed by atoms with Gasteiger partial charge in [0.25, 0.3) is 0 Å². The van der Waals surface area contributed by atoms with E-state index in [4.69, 9.17) is 12.2 Å². The van der Waals surface area contributed by atoms with Crippen molar-refractivity contribution >= 4 is 12.2 Å². The Morgan fingerprint density at radius 1 is 1.32 bits per heavy atom. The number of nitrogens with zero attached hydrogens (tertiary/aromatic N) is 2. The zero-order valence-corrected chi connectivity index (χ0v) is 14.1. The van der Waals surface area contributed by atoms with Crippen molar-refractivity contribution < 1.29 is 0 Å². The molecule has 0 spiro atoms. The average molecular weight is 283 g/mol. The summed E-state index contributed by atoms with van der Waals surface area (Å²) >= 11 is 5.38. The summed E-state index contributed by atoms with van der Waals surface area (Å²) in [6.07, 6.45) is 4.44. The van der Waals surface area contributed by atoms with Gasteiger partial charge in [0.05, 0.1) is 0 Å². The lowest BCUT2D eigenvalue weighted by molar-refractivity contribution is 0.266. The molecule has 0 aliphatic heterocycles. The molecule has 0 fully saturated rings. The van der Waals surface area contributed by atoms with E-state index in [-0.39, 0.29) is 5.41 Å². The van der Waals surface area contributed by atoms with E-state index < -0.39 is 0 Å². The molecule has 0 unspecified atom stereocenters. The van der Waals surface area contributed by atoms with Crippen LogP contribution in [0.1, 0.15) is 53.2 Å². The number of rotatable bonds is 6. The monoisotopic (exact) mass is 283 g/mol. The van der Waals surface area contributed by atoms with Crippen molar-refractivity contribution in [3.63, 3.8) is 0 Å². The van der Waals surface area contributed by atoms with Crippen LogP contribution in [0.5, 0.6) is 0 Å². The molecule has 1 N–H and O–H groups in total. The molecule has 1 aromatic heterocycles. The van der Waals surface area contributed by atoms with Crippen molar-refractivity contribution in [2.24, 2.45) is 0 Å². The highest BCUT2D eigenvalue weighted by molar-refractivity contribution is 7.71. The summed E-state index contributed by atoms with van der Waals surface area (Å²) in [6.45, 7) is 13.3. The SMILES string of the molecule is CC(C)N(C)CCCCn1c(C(C)(C)C)c[nH]c1=S. The molecule has 1 rings (SSSR count). The molecule has 0 bridgehead atoms. The number of unbranched alkanes of at least 4 members (excludes halogenated alkanes) is 1. The lowest BCUT2D eigenvalue weighted by Crippen LogP contribution is -2.27. The predicted octanol–water partition coefficient (Wildman–Crippen LogP) is 3.96. The topological polar surface area (TPSA) is 24.0 Å². The molecule has 0 aliphatic carbocycles. The maximum Gasteiger partial charge on any atom is 0.177 e. The smallest absolute Gasteiger partial charge is 0.177 e. The normalized spacial score (nSPS) is 12.6. The van der Waals surface area contributed by atoms with Crippen LogP contribution in [0, 0.1) is 4.77 Å². The number of H-pyrrole nitrogens is 1. The number of nitrogens with one attached hydrogen (secondary N) is 1. The number of hydrogen-bond donors (Lipinski definition) is 1. The zero-order valence-electron chi connectivity index (χ0n) is 13.3. The van der Waals surface area contributed by atoms with Crippen molar-refractivity contribution in [3.05, 3.63) is 16.7 Å². The number of imidazole rings is 1. The molecule has 110 valence electrons. The Bertz CT molecular complexity index is 437. The van der Waals surface area contributed by atoms with Gasteiger partial charge in [0, 0.05) is 29.9 Å². The third kappa shape index (κ3) is 4.77. The molecular weight excluding hydrogens is 254 g/mol. The van der Waals surface area contributed by atoms with Gasteiger partial charge in [0.1, 0.15) is 0 Å². The molecule has 1 aromatic rings. The van der Waals surface area contributed by atoms with Crippen molar-refractivity contribution in [1.29, 1.82) is 0 Å². The minimum atomic E-state index is 0.141. The van der Waals surface area contributed by atoms with E-state index in [9.17, 15) is 0 Å². The van der Waals surface area contributed by atoms with E-state index in [1.165, 1.54) is 18.5 Å². The summed E-state index contributed by atoms with van der Waals surface area (Å²) in [6, 6.07) is 0.625. The van der Waals surface area contributed by atoms with E-state index in [0.717, 1.165) is 17.9 Å². The first-order chi connectivity index (χ1) is 8.73. The Balaban J connectivity index is 2.55. The highest BCUT2D eigenvalue weighted by Gasteiger charge is 2.18. The van der Waals surface area contributed by atoms with Gasteiger partial charge < -0.3 is 14.5 Å². The van der Waals surface area contributed by atoms with Crippen LogP contribution < -0.4 is 0 Å². The van der Waals surface area contributed by atoms with Gasteiger partial charge in [-0.1, -0.05) is 20.8 Å². The molecule has 19 heavy (non-hydrogen) atoms. The van der Waals surface area contributed by atoms with Crippen LogP contribution in [0.15, 0.2) is 6.20 Å². The van der Waals surface area contributed by atoms with Crippen LogP contribution in [0.4, 0.5) is 0 Å². The molecule has 4 heteroatoms. The summed E-state index contributed by atoms with van der Waals surface area (Å²) in [5, 5.41) is 0. The molecule has 0 aliphatic rings. The maximum atomic E-state index is 5.38. The first-order valence-electron chi connectivity index (χ1n) is 7.22. The van der Waals surface area contributed by atoms with Gasteiger partial charge in [0.15, 0.2) is 4.77 Å². The minimum absolute atomic E-state index is 0.141. The Morgan fingerprint density at radius 2 is 1.95 bits per heavy atom. The van der Waals surface area contributed by atoms with E-state index in [1.807, 2.05) is 0 Å². The van der Waals surface area contributed by atoms with Gasteiger partial charge in [-0.05, 0) is 52.5 Å². The van der Waals surface area contributed by atoms with Crippen LogP contribution in [0.3, 0.4) is 0 Å². The van der Waals surface area contributed by atoms with Crippen LogP contribution in [-0.4, -0.2) is 34.1 Å². The molecule has 3 nitrogen and oxygen atoms in total. The van der Waals surface area contributed by atoms with Crippen LogP contribution in [-0.2, 0) is 12.0 Å². The Hall–Kier alpha value is -0.610. The second kappa shape index (κ2) is 6.71. The minimum Gasteiger partial charge on any atom is -0.337 e. The summed E-state index contributed by atoms with van der Waals surface area (Å²) in [5.74, 6) is 0.